The molecule has 0 radical (unpaired) electrons. The molecule has 3 atom stereocenters. The Morgan fingerprint density at radius 2 is 2.06 bits per heavy atom. The van der Waals surface area contributed by atoms with Crippen LogP contribution in [0.15, 0.2) is 24.3 Å². The highest BCUT2D eigenvalue weighted by molar-refractivity contribution is 5.70. The number of carboxylic acid groups (broad SMARTS) is 1. The van der Waals surface area contributed by atoms with E-state index < -0.39 is 11.9 Å². The average Bonchev–Trinajstić information content (AvgIpc) is 2.34. The third-order valence-corrected chi connectivity index (χ3v) is 3.71. The molecule has 1 aromatic rings. The Morgan fingerprint density at radius 1 is 1.39 bits per heavy atom. The predicted octanol–water partition coefficient (Wildman–Crippen LogP) is 2.78. The Morgan fingerprint density at radius 3 is 2.56 bits per heavy atom. The number of nitrogens with two attached hydrogens (primary N) is 1. The van der Waals surface area contributed by atoms with Gasteiger partial charge in [0.15, 0.2) is 0 Å². The van der Waals surface area contributed by atoms with Crippen molar-refractivity contribution in [1.82, 2.24) is 0 Å². The quantitative estimate of drug-likeness (QED) is 0.815. The minimum absolute atomic E-state index is 0.209. The monoisotopic (exact) mass is 249 g/mol. The molecule has 0 bridgehead atoms. The van der Waals surface area contributed by atoms with E-state index in [0.717, 1.165) is 0 Å². The van der Waals surface area contributed by atoms with Gasteiger partial charge in [-0.25, -0.2) is 0 Å². The van der Waals surface area contributed by atoms with Gasteiger partial charge in [0.25, 0.3) is 0 Å². The van der Waals surface area contributed by atoms with Gasteiger partial charge in [-0.1, -0.05) is 43.7 Å². The summed E-state index contributed by atoms with van der Waals surface area (Å²) in [6.07, 6.45) is 0.626. The van der Waals surface area contributed by atoms with Crippen molar-refractivity contribution in [2.24, 2.45) is 17.6 Å². The smallest absolute Gasteiger partial charge is 0.307 e. The topological polar surface area (TPSA) is 63.3 Å². The Kier molecular flexibility index (Phi) is 5.35. The first kappa shape index (κ1) is 14.7. The lowest BCUT2D eigenvalue weighted by Gasteiger charge is -2.23. The lowest BCUT2D eigenvalue weighted by Crippen LogP contribution is -2.26. The van der Waals surface area contributed by atoms with Crippen molar-refractivity contribution >= 4 is 5.97 Å². The maximum Gasteiger partial charge on any atom is 0.307 e. The van der Waals surface area contributed by atoms with Crippen LogP contribution in [0.4, 0.5) is 0 Å². The summed E-state index contributed by atoms with van der Waals surface area (Å²) in [5.41, 5.74) is 8.01. The summed E-state index contributed by atoms with van der Waals surface area (Å²) < 4.78 is 0. The minimum atomic E-state index is -0.791. The number of carbonyl (C=O) groups is 1. The SMILES string of the molecule is Cc1cccc(C(C)C(C)CC(CN)C(=O)O)c1. The Labute approximate surface area is 109 Å². The van der Waals surface area contributed by atoms with Crippen molar-refractivity contribution in [3.8, 4) is 0 Å². The van der Waals surface area contributed by atoms with Crippen LogP contribution in [-0.4, -0.2) is 17.6 Å². The number of rotatable bonds is 6. The van der Waals surface area contributed by atoms with E-state index in [1.807, 2.05) is 6.07 Å². The van der Waals surface area contributed by atoms with Crippen LogP contribution in [-0.2, 0) is 4.79 Å². The fourth-order valence-corrected chi connectivity index (χ4v) is 2.23. The molecule has 3 unspecified atom stereocenters. The molecule has 3 N–H and O–H groups in total. The maximum absolute atomic E-state index is 11.0. The van der Waals surface area contributed by atoms with Crippen molar-refractivity contribution in [3.63, 3.8) is 0 Å². The van der Waals surface area contributed by atoms with Crippen LogP contribution in [0.25, 0.3) is 0 Å². The first-order valence-electron chi connectivity index (χ1n) is 6.45. The van der Waals surface area contributed by atoms with E-state index >= 15 is 0 Å². The van der Waals surface area contributed by atoms with Crippen LogP contribution in [0.3, 0.4) is 0 Å². The van der Waals surface area contributed by atoms with E-state index in [2.05, 4.69) is 39.0 Å². The fraction of sp³-hybridized carbons (Fsp3) is 0.533. The molecule has 0 saturated carbocycles. The number of carboxylic acids is 1. The van der Waals surface area contributed by atoms with Crippen LogP contribution in [0, 0.1) is 18.8 Å². The average molecular weight is 249 g/mol. The molecule has 3 heteroatoms. The summed E-state index contributed by atoms with van der Waals surface area (Å²) in [5, 5.41) is 9.04. The summed E-state index contributed by atoms with van der Waals surface area (Å²) in [4.78, 5) is 11.0. The first-order valence-corrected chi connectivity index (χ1v) is 6.45. The van der Waals surface area contributed by atoms with E-state index in [-0.39, 0.29) is 6.54 Å². The molecule has 0 heterocycles. The summed E-state index contributed by atoms with van der Waals surface area (Å²) in [7, 11) is 0. The Bertz CT molecular complexity index is 403. The van der Waals surface area contributed by atoms with Gasteiger partial charge in [0.1, 0.15) is 0 Å². The molecule has 0 aliphatic rings. The Hall–Kier alpha value is -1.35. The van der Waals surface area contributed by atoms with Gasteiger partial charge >= 0.3 is 5.97 Å². The third-order valence-electron chi connectivity index (χ3n) is 3.71. The van der Waals surface area contributed by atoms with Crippen LogP contribution in [0.5, 0.6) is 0 Å². The number of hydrogen-bond acceptors (Lipinski definition) is 2. The molecule has 0 saturated heterocycles. The fourth-order valence-electron chi connectivity index (χ4n) is 2.23. The molecule has 0 aromatic heterocycles. The molecule has 1 aromatic carbocycles. The highest BCUT2D eigenvalue weighted by Crippen LogP contribution is 2.29. The van der Waals surface area contributed by atoms with Gasteiger partial charge in [0.2, 0.25) is 0 Å². The second-order valence-corrected chi connectivity index (χ2v) is 5.19. The molecular formula is C15H23NO2. The van der Waals surface area contributed by atoms with Crippen LogP contribution < -0.4 is 5.73 Å². The molecule has 0 amide bonds. The largest absolute Gasteiger partial charge is 0.481 e. The van der Waals surface area contributed by atoms with Gasteiger partial charge in [0, 0.05) is 6.54 Å². The lowest BCUT2D eigenvalue weighted by molar-refractivity contribution is -0.142. The Balaban J connectivity index is 2.72. The molecule has 0 aliphatic carbocycles. The summed E-state index contributed by atoms with van der Waals surface area (Å²) in [6.45, 7) is 6.52. The van der Waals surface area contributed by atoms with Gasteiger partial charge in [-0.15, -0.1) is 0 Å². The predicted molar refractivity (Wildman–Crippen MR) is 73.6 cm³/mol. The number of hydrogen-bond donors (Lipinski definition) is 2. The second kappa shape index (κ2) is 6.55. The zero-order chi connectivity index (χ0) is 13.7. The van der Waals surface area contributed by atoms with Crippen LogP contribution in [0.2, 0.25) is 0 Å². The van der Waals surface area contributed by atoms with Gasteiger partial charge < -0.3 is 10.8 Å². The standard InChI is InChI=1S/C15H23NO2/c1-10-5-4-6-13(7-10)12(3)11(2)8-14(9-16)15(17)18/h4-7,11-12,14H,8-9,16H2,1-3H3,(H,17,18). The van der Waals surface area contributed by atoms with Crippen LogP contribution >= 0.6 is 0 Å². The molecule has 3 nitrogen and oxygen atoms in total. The van der Waals surface area contributed by atoms with Crippen molar-refractivity contribution in [1.29, 1.82) is 0 Å². The van der Waals surface area contributed by atoms with Crippen molar-refractivity contribution in [3.05, 3.63) is 35.4 Å². The lowest BCUT2D eigenvalue weighted by atomic mass is 9.82. The zero-order valence-electron chi connectivity index (χ0n) is 11.4. The molecule has 0 fully saturated rings. The minimum Gasteiger partial charge on any atom is -0.481 e. The normalized spacial score (nSPS) is 16.0. The van der Waals surface area contributed by atoms with Gasteiger partial charge in [0.05, 0.1) is 5.92 Å². The van der Waals surface area contributed by atoms with E-state index in [4.69, 9.17) is 10.8 Å². The molecule has 0 aliphatic heterocycles. The number of benzene rings is 1. The highest BCUT2D eigenvalue weighted by Gasteiger charge is 2.22. The van der Waals surface area contributed by atoms with Crippen molar-refractivity contribution in [2.45, 2.75) is 33.1 Å². The van der Waals surface area contributed by atoms with Crippen molar-refractivity contribution in [2.75, 3.05) is 6.54 Å². The van der Waals surface area contributed by atoms with Gasteiger partial charge in [-0.3, -0.25) is 4.79 Å². The van der Waals surface area contributed by atoms with E-state index in [9.17, 15) is 4.79 Å². The summed E-state index contributed by atoms with van der Waals surface area (Å²) in [6, 6.07) is 8.39. The maximum atomic E-state index is 11.0. The van der Waals surface area contributed by atoms with Crippen LogP contribution in [0.1, 0.15) is 37.3 Å². The van der Waals surface area contributed by atoms with Gasteiger partial charge in [-0.05, 0) is 30.7 Å². The molecule has 0 spiro atoms. The summed E-state index contributed by atoms with van der Waals surface area (Å²) in [5.74, 6) is -0.581. The van der Waals surface area contributed by atoms with E-state index in [0.29, 0.717) is 18.3 Å². The molecule has 1 rings (SSSR count). The summed E-state index contributed by atoms with van der Waals surface area (Å²) >= 11 is 0. The van der Waals surface area contributed by atoms with E-state index in [1.165, 1.54) is 11.1 Å². The first-order chi connectivity index (χ1) is 8.45. The van der Waals surface area contributed by atoms with E-state index in [1.54, 1.807) is 0 Å². The molecule has 18 heavy (non-hydrogen) atoms. The highest BCUT2D eigenvalue weighted by atomic mass is 16.4. The van der Waals surface area contributed by atoms with Crippen molar-refractivity contribution < 1.29 is 9.90 Å². The van der Waals surface area contributed by atoms with Gasteiger partial charge in [-0.2, -0.15) is 0 Å². The molecular weight excluding hydrogens is 226 g/mol. The zero-order valence-corrected chi connectivity index (χ0v) is 11.4. The number of aliphatic carboxylic acids is 1. The second-order valence-electron chi connectivity index (χ2n) is 5.19. The molecule has 100 valence electrons. The number of aryl methyl sites for hydroxylation is 1. The third kappa shape index (κ3) is 3.84.